The Morgan fingerprint density at radius 3 is 1.52 bits per heavy atom. The maximum atomic E-state index is 10.5. The summed E-state index contributed by atoms with van der Waals surface area (Å²) in [5.41, 5.74) is 0. The van der Waals surface area contributed by atoms with Crippen molar-refractivity contribution in [3.63, 3.8) is 0 Å². The first-order valence-corrected chi connectivity index (χ1v) is 11.0. The number of rotatable bonds is 14. The van der Waals surface area contributed by atoms with Crippen molar-refractivity contribution in [2.75, 3.05) is 39.5 Å². The Hall–Kier alpha value is -0.290. The summed E-state index contributed by atoms with van der Waals surface area (Å²) >= 11 is 0. The molecule has 0 aliphatic carbocycles. The van der Waals surface area contributed by atoms with Crippen molar-refractivity contribution in [1.82, 2.24) is 4.90 Å². The minimum Gasteiger partial charge on any atom is -0.395 e. The van der Waals surface area contributed by atoms with Crippen molar-refractivity contribution in [2.45, 2.75) is 60.0 Å². The van der Waals surface area contributed by atoms with E-state index in [1.807, 2.05) is 0 Å². The van der Waals surface area contributed by atoms with E-state index >= 15 is 0 Å². The fourth-order valence-corrected chi connectivity index (χ4v) is 3.75. The second-order valence-corrected chi connectivity index (χ2v) is 8.71. The van der Waals surface area contributed by atoms with Gasteiger partial charge in [-0.25, -0.2) is 4.18 Å². The number of aliphatic hydroxyl groups excluding tert-OH is 3. The summed E-state index contributed by atoms with van der Waals surface area (Å²) in [6.07, 6.45) is 2.41. The summed E-state index contributed by atoms with van der Waals surface area (Å²) in [7, 11) is -4.32. The molecule has 0 saturated carbocycles. The van der Waals surface area contributed by atoms with E-state index in [0.717, 1.165) is 6.42 Å². The standard InChI is InChI=1S/C12H26O4S.C6H15NO3/c1-9(2)6-10(3)7-11(4)8-12(5)16-17(13,14)15;8-4-1-7(2-5-9)3-6-10/h9-12H,6-8H2,1-5H3,(H,13,14,15);8-10H,1-6H2. The van der Waals surface area contributed by atoms with Crippen molar-refractivity contribution in [1.29, 1.82) is 0 Å². The van der Waals surface area contributed by atoms with Crippen molar-refractivity contribution in [3.05, 3.63) is 0 Å². The molecular formula is C18H41NO7S. The van der Waals surface area contributed by atoms with Gasteiger partial charge in [-0.2, -0.15) is 8.42 Å². The van der Waals surface area contributed by atoms with Gasteiger partial charge in [-0.1, -0.05) is 27.7 Å². The zero-order valence-electron chi connectivity index (χ0n) is 17.5. The van der Waals surface area contributed by atoms with Gasteiger partial charge < -0.3 is 15.3 Å². The third-order valence-electron chi connectivity index (χ3n) is 3.95. The molecule has 0 aromatic heterocycles. The van der Waals surface area contributed by atoms with Crippen LogP contribution in [0.4, 0.5) is 0 Å². The van der Waals surface area contributed by atoms with Crippen LogP contribution in [-0.4, -0.2) is 78.7 Å². The molecule has 0 spiro atoms. The second-order valence-electron chi connectivity index (χ2n) is 7.66. The Balaban J connectivity index is 0. The lowest BCUT2D eigenvalue weighted by molar-refractivity contribution is 0.136. The number of hydrogen-bond acceptors (Lipinski definition) is 7. The maximum Gasteiger partial charge on any atom is 0.397 e. The van der Waals surface area contributed by atoms with E-state index in [9.17, 15) is 8.42 Å². The Morgan fingerprint density at radius 1 is 0.778 bits per heavy atom. The summed E-state index contributed by atoms with van der Waals surface area (Å²) in [5, 5.41) is 25.5. The molecule has 4 N–H and O–H groups in total. The quantitative estimate of drug-likeness (QED) is 0.315. The molecule has 3 atom stereocenters. The molecule has 0 aliphatic heterocycles. The number of hydrogen-bond donors (Lipinski definition) is 4. The van der Waals surface area contributed by atoms with Crippen LogP contribution in [-0.2, 0) is 14.6 Å². The highest BCUT2D eigenvalue weighted by atomic mass is 32.3. The highest BCUT2D eigenvalue weighted by Gasteiger charge is 2.17. The van der Waals surface area contributed by atoms with E-state index in [1.165, 1.54) is 6.42 Å². The highest BCUT2D eigenvalue weighted by Crippen LogP contribution is 2.23. The van der Waals surface area contributed by atoms with E-state index in [2.05, 4.69) is 31.9 Å². The molecule has 0 fully saturated rings. The summed E-state index contributed by atoms with van der Waals surface area (Å²) in [6, 6.07) is 0. The van der Waals surface area contributed by atoms with Crippen molar-refractivity contribution < 1.29 is 32.5 Å². The predicted molar refractivity (Wildman–Crippen MR) is 107 cm³/mol. The molecule has 9 heteroatoms. The SMILES string of the molecule is CC(C)CC(C)CC(C)CC(C)OS(=O)(=O)O.OCCN(CCO)CCO. The molecule has 0 radical (unpaired) electrons. The van der Waals surface area contributed by atoms with Crippen LogP contribution in [0.5, 0.6) is 0 Å². The first-order valence-electron chi connectivity index (χ1n) is 9.65. The lowest BCUT2D eigenvalue weighted by Crippen LogP contribution is -2.32. The van der Waals surface area contributed by atoms with Gasteiger partial charge in [0, 0.05) is 19.6 Å². The van der Waals surface area contributed by atoms with Gasteiger partial charge >= 0.3 is 10.4 Å². The molecule has 8 nitrogen and oxygen atoms in total. The molecule has 0 rings (SSSR count). The first-order chi connectivity index (χ1) is 12.4. The van der Waals surface area contributed by atoms with Crippen LogP contribution in [0, 0.1) is 17.8 Å². The second kappa shape index (κ2) is 16.6. The number of aliphatic hydroxyl groups is 3. The molecule has 0 amide bonds. The van der Waals surface area contributed by atoms with Crippen LogP contribution < -0.4 is 0 Å². The van der Waals surface area contributed by atoms with Crippen LogP contribution in [0.3, 0.4) is 0 Å². The minimum atomic E-state index is -4.32. The van der Waals surface area contributed by atoms with E-state index in [-0.39, 0.29) is 19.8 Å². The van der Waals surface area contributed by atoms with Gasteiger partial charge in [0.15, 0.2) is 0 Å². The normalized spacial score (nSPS) is 15.4. The van der Waals surface area contributed by atoms with Gasteiger partial charge in [0.2, 0.25) is 0 Å². The van der Waals surface area contributed by atoms with Crippen molar-refractivity contribution in [3.8, 4) is 0 Å². The fraction of sp³-hybridized carbons (Fsp3) is 1.00. The van der Waals surface area contributed by atoms with Gasteiger partial charge in [-0.15, -0.1) is 0 Å². The summed E-state index contributed by atoms with van der Waals surface area (Å²) < 4.78 is 34.1. The van der Waals surface area contributed by atoms with Crippen LogP contribution in [0.25, 0.3) is 0 Å². The van der Waals surface area contributed by atoms with Crippen molar-refractivity contribution in [2.24, 2.45) is 17.8 Å². The summed E-state index contributed by atoms with van der Waals surface area (Å²) in [6.45, 7) is 12.1. The first kappa shape index (κ1) is 28.9. The van der Waals surface area contributed by atoms with Crippen molar-refractivity contribution >= 4 is 10.4 Å². The lowest BCUT2D eigenvalue weighted by atomic mass is 9.88. The smallest absolute Gasteiger partial charge is 0.395 e. The van der Waals surface area contributed by atoms with E-state index < -0.39 is 16.5 Å². The minimum absolute atomic E-state index is 0.0694. The van der Waals surface area contributed by atoms with Crippen LogP contribution in [0.1, 0.15) is 53.9 Å². The van der Waals surface area contributed by atoms with Gasteiger partial charge in [-0.05, 0) is 43.9 Å². The zero-order chi connectivity index (χ0) is 21.5. The monoisotopic (exact) mass is 415 g/mol. The Bertz CT molecular complexity index is 417. The van der Waals surface area contributed by atoms with E-state index in [1.54, 1.807) is 11.8 Å². The molecule has 0 saturated heterocycles. The molecule has 0 aliphatic rings. The van der Waals surface area contributed by atoms with Crippen LogP contribution in [0.15, 0.2) is 0 Å². The van der Waals surface area contributed by atoms with E-state index in [0.29, 0.717) is 43.8 Å². The summed E-state index contributed by atoms with van der Waals surface area (Å²) in [4.78, 5) is 1.79. The third kappa shape index (κ3) is 21.9. The molecule has 0 aromatic carbocycles. The average Bonchev–Trinajstić information content (AvgIpc) is 2.45. The molecular weight excluding hydrogens is 374 g/mol. The topological polar surface area (TPSA) is 128 Å². The van der Waals surface area contributed by atoms with Crippen LogP contribution >= 0.6 is 0 Å². The van der Waals surface area contributed by atoms with Gasteiger partial charge in [0.1, 0.15) is 0 Å². The third-order valence-corrected chi connectivity index (χ3v) is 4.52. The molecule has 0 bridgehead atoms. The molecule has 166 valence electrons. The molecule has 3 unspecified atom stereocenters. The molecule has 27 heavy (non-hydrogen) atoms. The highest BCUT2D eigenvalue weighted by molar-refractivity contribution is 7.80. The predicted octanol–water partition coefficient (Wildman–Crippen LogP) is 1.56. The van der Waals surface area contributed by atoms with E-state index in [4.69, 9.17) is 19.9 Å². The fourth-order valence-electron chi connectivity index (χ4n) is 3.26. The molecule has 0 heterocycles. The maximum absolute atomic E-state index is 10.5. The molecule has 0 aromatic rings. The average molecular weight is 416 g/mol. The Labute approximate surface area is 165 Å². The van der Waals surface area contributed by atoms with Crippen LogP contribution in [0.2, 0.25) is 0 Å². The number of nitrogens with zero attached hydrogens (tertiary/aromatic N) is 1. The Morgan fingerprint density at radius 2 is 1.19 bits per heavy atom. The lowest BCUT2D eigenvalue weighted by Gasteiger charge is -2.21. The summed E-state index contributed by atoms with van der Waals surface area (Å²) in [5.74, 6) is 1.70. The van der Waals surface area contributed by atoms with Gasteiger partial charge in [-0.3, -0.25) is 9.45 Å². The van der Waals surface area contributed by atoms with Gasteiger partial charge in [0.25, 0.3) is 0 Å². The Kier molecular flexibility index (Phi) is 17.8. The van der Waals surface area contributed by atoms with Gasteiger partial charge in [0.05, 0.1) is 25.9 Å². The largest absolute Gasteiger partial charge is 0.397 e. The zero-order valence-corrected chi connectivity index (χ0v) is 18.4.